The van der Waals surface area contributed by atoms with Crippen molar-refractivity contribution >= 4 is 21.8 Å². The summed E-state index contributed by atoms with van der Waals surface area (Å²) in [6.45, 7) is 6.72. The molecule has 1 fully saturated rings. The lowest BCUT2D eigenvalue weighted by molar-refractivity contribution is 0.0737. The predicted molar refractivity (Wildman–Crippen MR) is 73.9 cm³/mol. The van der Waals surface area contributed by atoms with Gasteiger partial charge in [0.25, 0.3) is 5.91 Å². The summed E-state index contributed by atoms with van der Waals surface area (Å²) in [7, 11) is 0. The third-order valence-corrected chi connectivity index (χ3v) is 4.30. The Bertz CT molecular complexity index is 464. The minimum absolute atomic E-state index is 0.0827. The standard InChI is InChI=1S/C13H18BrN3O/c1-8-4-5-17(12(8)7-14)13(18)11-6-9(2)15-16-10(11)3/h6,8,12H,4-5,7H2,1-3H3. The van der Waals surface area contributed by atoms with Gasteiger partial charge in [0.1, 0.15) is 0 Å². The van der Waals surface area contributed by atoms with Crippen molar-refractivity contribution in [3.05, 3.63) is 23.0 Å². The number of hydrogen-bond acceptors (Lipinski definition) is 3. The zero-order valence-electron chi connectivity index (χ0n) is 11.0. The highest BCUT2D eigenvalue weighted by Crippen LogP contribution is 2.27. The lowest BCUT2D eigenvalue weighted by Gasteiger charge is -2.25. The van der Waals surface area contributed by atoms with Gasteiger partial charge in [0.05, 0.1) is 17.0 Å². The Morgan fingerprint density at radius 3 is 2.89 bits per heavy atom. The van der Waals surface area contributed by atoms with Gasteiger partial charge in [0.15, 0.2) is 0 Å². The van der Waals surface area contributed by atoms with Crippen molar-refractivity contribution in [1.82, 2.24) is 15.1 Å². The van der Waals surface area contributed by atoms with E-state index in [1.54, 1.807) is 0 Å². The Balaban J connectivity index is 2.28. The van der Waals surface area contributed by atoms with Crippen LogP contribution in [0.2, 0.25) is 0 Å². The van der Waals surface area contributed by atoms with Crippen LogP contribution in [-0.2, 0) is 0 Å². The molecule has 2 unspecified atom stereocenters. The maximum Gasteiger partial charge on any atom is 0.256 e. The molecular formula is C13H18BrN3O. The summed E-state index contributed by atoms with van der Waals surface area (Å²) in [6.07, 6.45) is 1.07. The molecule has 1 amide bonds. The van der Waals surface area contributed by atoms with E-state index in [1.165, 1.54) is 0 Å². The number of carbonyl (C=O) groups is 1. The lowest BCUT2D eigenvalue weighted by atomic mass is 10.0. The fraction of sp³-hybridized carbons (Fsp3) is 0.615. The van der Waals surface area contributed by atoms with E-state index in [0.717, 1.165) is 24.0 Å². The maximum absolute atomic E-state index is 12.6. The SMILES string of the molecule is Cc1cc(C(=O)N2CCC(C)C2CBr)c(C)nn1. The molecule has 0 N–H and O–H groups in total. The van der Waals surface area contributed by atoms with E-state index in [0.29, 0.717) is 17.2 Å². The Hall–Kier alpha value is -0.970. The van der Waals surface area contributed by atoms with E-state index in [-0.39, 0.29) is 11.9 Å². The Labute approximate surface area is 116 Å². The molecule has 18 heavy (non-hydrogen) atoms. The number of hydrogen-bond donors (Lipinski definition) is 0. The average molecular weight is 312 g/mol. The molecule has 2 atom stereocenters. The van der Waals surface area contributed by atoms with Crippen LogP contribution in [0, 0.1) is 19.8 Å². The molecule has 1 aromatic rings. The summed E-state index contributed by atoms with van der Waals surface area (Å²) in [5, 5.41) is 8.83. The van der Waals surface area contributed by atoms with Crippen LogP contribution in [0.1, 0.15) is 35.1 Å². The largest absolute Gasteiger partial charge is 0.334 e. The first-order chi connectivity index (χ1) is 8.54. The number of alkyl halides is 1. The van der Waals surface area contributed by atoms with Gasteiger partial charge in [-0.2, -0.15) is 10.2 Å². The van der Waals surface area contributed by atoms with Crippen molar-refractivity contribution in [2.75, 3.05) is 11.9 Å². The first kappa shape index (κ1) is 13.5. The molecule has 2 heterocycles. The van der Waals surface area contributed by atoms with E-state index in [9.17, 15) is 4.79 Å². The monoisotopic (exact) mass is 311 g/mol. The molecule has 1 aliphatic heterocycles. The third-order valence-electron chi connectivity index (χ3n) is 3.63. The minimum atomic E-state index is 0.0827. The van der Waals surface area contributed by atoms with Gasteiger partial charge in [-0.05, 0) is 32.3 Å². The highest BCUT2D eigenvalue weighted by Gasteiger charge is 2.34. The molecule has 1 aliphatic rings. The van der Waals surface area contributed by atoms with Crippen LogP contribution in [-0.4, -0.2) is 38.9 Å². The van der Waals surface area contributed by atoms with E-state index in [2.05, 4.69) is 33.1 Å². The van der Waals surface area contributed by atoms with E-state index in [1.807, 2.05) is 24.8 Å². The van der Waals surface area contributed by atoms with Gasteiger partial charge in [-0.1, -0.05) is 22.9 Å². The molecule has 0 saturated carbocycles. The second kappa shape index (κ2) is 5.34. The Morgan fingerprint density at radius 1 is 1.50 bits per heavy atom. The van der Waals surface area contributed by atoms with Crippen LogP contribution in [0.4, 0.5) is 0 Å². The van der Waals surface area contributed by atoms with Crippen LogP contribution in [0.5, 0.6) is 0 Å². The second-order valence-electron chi connectivity index (χ2n) is 4.97. The maximum atomic E-state index is 12.6. The molecule has 5 heteroatoms. The Morgan fingerprint density at radius 2 is 2.22 bits per heavy atom. The quantitative estimate of drug-likeness (QED) is 0.788. The van der Waals surface area contributed by atoms with Crippen molar-refractivity contribution < 1.29 is 4.79 Å². The van der Waals surface area contributed by atoms with Crippen LogP contribution >= 0.6 is 15.9 Å². The van der Waals surface area contributed by atoms with Crippen molar-refractivity contribution in [3.8, 4) is 0 Å². The highest BCUT2D eigenvalue weighted by atomic mass is 79.9. The molecule has 0 radical (unpaired) electrons. The number of amides is 1. The third kappa shape index (κ3) is 2.41. The van der Waals surface area contributed by atoms with Gasteiger partial charge < -0.3 is 4.90 Å². The minimum Gasteiger partial charge on any atom is -0.334 e. The average Bonchev–Trinajstić information content (AvgIpc) is 2.72. The molecule has 0 spiro atoms. The number of carbonyl (C=O) groups excluding carboxylic acids is 1. The molecule has 0 aromatic carbocycles. The molecule has 0 aliphatic carbocycles. The van der Waals surface area contributed by atoms with Crippen molar-refractivity contribution in [1.29, 1.82) is 0 Å². The van der Waals surface area contributed by atoms with Crippen molar-refractivity contribution in [2.45, 2.75) is 33.2 Å². The molecule has 98 valence electrons. The zero-order valence-corrected chi connectivity index (χ0v) is 12.6. The van der Waals surface area contributed by atoms with Gasteiger partial charge in [-0.15, -0.1) is 0 Å². The fourth-order valence-electron chi connectivity index (χ4n) is 2.42. The number of aryl methyl sites for hydroxylation is 2. The number of rotatable bonds is 2. The van der Waals surface area contributed by atoms with Crippen LogP contribution in [0.3, 0.4) is 0 Å². The molecule has 0 bridgehead atoms. The molecule has 1 saturated heterocycles. The van der Waals surface area contributed by atoms with Crippen LogP contribution in [0.15, 0.2) is 6.07 Å². The van der Waals surface area contributed by atoms with Gasteiger partial charge >= 0.3 is 0 Å². The van der Waals surface area contributed by atoms with E-state index >= 15 is 0 Å². The second-order valence-corrected chi connectivity index (χ2v) is 5.62. The summed E-state index contributed by atoms with van der Waals surface area (Å²) in [6, 6.07) is 2.12. The number of likely N-dealkylation sites (tertiary alicyclic amines) is 1. The summed E-state index contributed by atoms with van der Waals surface area (Å²) in [4.78, 5) is 14.5. The molecular weight excluding hydrogens is 294 g/mol. The van der Waals surface area contributed by atoms with Crippen LogP contribution < -0.4 is 0 Å². The summed E-state index contributed by atoms with van der Waals surface area (Å²) < 4.78 is 0. The molecule has 1 aromatic heterocycles. The first-order valence-electron chi connectivity index (χ1n) is 6.22. The normalized spacial score (nSPS) is 23.4. The van der Waals surface area contributed by atoms with Gasteiger partial charge in [0.2, 0.25) is 0 Å². The van der Waals surface area contributed by atoms with Gasteiger partial charge in [-0.3, -0.25) is 4.79 Å². The van der Waals surface area contributed by atoms with E-state index < -0.39 is 0 Å². The molecule has 4 nitrogen and oxygen atoms in total. The topological polar surface area (TPSA) is 46.1 Å². The zero-order chi connectivity index (χ0) is 13.3. The summed E-state index contributed by atoms with van der Waals surface area (Å²) in [5.41, 5.74) is 2.17. The summed E-state index contributed by atoms with van der Waals surface area (Å²) in [5.74, 6) is 0.629. The Kier molecular flexibility index (Phi) is 4.00. The van der Waals surface area contributed by atoms with Gasteiger partial charge in [0, 0.05) is 17.9 Å². The summed E-state index contributed by atoms with van der Waals surface area (Å²) >= 11 is 3.51. The smallest absolute Gasteiger partial charge is 0.256 e. The highest BCUT2D eigenvalue weighted by molar-refractivity contribution is 9.09. The van der Waals surface area contributed by atoms with Crippen molar-refractivity contribution in [3.63, 3.8) is 0 Å². The van der Waals surface area contributed by atoms with Crippen LogP contribution in [0.25, 0.3) is 0 Å². The van der Waals surface area contributed by atoms with Crippen molar-refractivity contribution in [2.24, 2.45) is 5.92 Å². The number of nitrogens with zero attached hydrogens (tertiary/aromatic N) is 3. The fourth-order valence-corrected chi connectivity index (χ4v) is 3.40. The number of aromatic nitrogens is 2. The van der Waals surface area contributed by atoms with Gasteiger partial charge in [-0.25, -0.2) is 0 Å². The molecule has 2 rings (SSSR count). The predicted octanol–water partition coefficient (Wildman–Crippen LogP) is 2.34. The number of halogens is 1. The lowest BCUT2D eigenvalue weighted by Crippen LogP contribution is -2.39. The first-order valence-corrected chi connectivity index (χ1v) is 7.34. The van der Waals surface area contributed by atoms with E-state index in [4.69, 9.17) is 0 Å².